The van der Waals surface area contributed by atoms with Gasteiger partial charge in [-0.1, -0.05) is 48.5 Å². The van der Waals surface area contributed by atoms with Gasteiger partial charge in [-0.05, 0) is 63.8 Å². The van der Waals surface area contributed by atoms with Gasteiger partial charge in [-0.15, -0.1) is 0 Å². The van der Waals surface area contributed by atoms with Gasteiger partial charge in [-0.3, -0.25) is 9.80 Å². The molecule has 0 saturated heterocycles. The number of carboxylic acids is 2. The minimum Gasteiger partial charge on any atom is -0.480 e. The predicted molar refractivity (Wildman–Crippen MR) is 145 cm³/mol. The molecule has 0 aromatic heterocycles. The maximum absolute atomic E-state index is 13.4. The van der Waals surface area contributed by atoms with Crippen molar-refractivity contribution < 1.29 is 38.9 Å². The van der Waals surface area contributed by atoms with E-state index in [1.165, 1.54) is 0 Å². The van der Waals surface area contributed by atoms with Crippen molar-refractivity contribution in [2.45, 2.75) is 89.8 Å². The molecule has 0 unspecified atom stereocenters. The van der Waals surface area contributed by atoms with Gasteiger partial charge in [0.2, 0.25) is 0 Å². The fourth-order valence-corrected chi connectivity index (χ4v) is 5.65. The van der Waals surface area contributed by atoms with Gasteiger partial charge in [0.15, 0.2) is 0 Å². The molecule has 2 aromatic rings. The van der Waals surface area contributed by atoms with Crippen molar-refractivity contribution >= 4 is 24.1 Å². The second-order valence-electron chi connectivity index (χ2n) is 12.2. The summed E-state index contributed by atoms with van der Waals surface area (Å²) in [6.45, 7) is 10.1. The predicted octanol–water partition coefficient (Wildman–Crippen LogP) is 4.96. The Labute approximate surface area is 233 Å². The number of carbonyl (C=O) groups excluding carboxylic acids is 2. The first-order valence-corrected chi connectivity index (χ1v) is 13.2. The number of fused-ring (bicyclic) bond motifs is 2. The quantitative estimate of drug-likeness (QED) is 0.546. The molecule has 2 amide bonds. The van der Waals surface area contributed by atoms with Crippen molar-refractivity contribution in [3.63, 3.8) is 0 Å². The third-order valence-corrected chi connectivity index (χ3v) is 7.01. The highest BCUT2D eigenvalue weighted by Gasteiger charge is 2.54. The molecule has 0 saturated carbocycles. The highest BCUT2D eigenvalue weighted by molar-refractivity contribution is 5.85. The van der Waals surface area contributed by atoms with Crippen LogP contribution in [0, 0.1) is 0 Å². The standard InChI is InChI=1S/C30H36N2O8/c1-29(2,3)39-27(37)31-15-17-11-7-9-13-19(17)21(23(31)25(33)34)22-20-14-10-8-12-18(20)16-32(24(22)26(35)36)28(38)40-30(4,5)6/h7-14,21-24H,15-16H2,1-6H3,(H,33,34)(H,35,36)/t21-,22+,23-,24-/m1/s1. The fourth-order valence-electron chi connectivity index (χ4n) is 5.65. The van der Waals surface area contributed by atoms with Crippen LogP contribution in [-0.2, 0) is 32.2 Å². The number of benzene rings is 2. The first kappa shape index (κ1) is 28.9. The Morgan fingerprint density at radius 3 is 1.27 bits per heavy atom. The van der Waals surface area contributed by atoms with Crippen LogP contribution in [-0.4, -0.2) is 67.4 Å². The summed E-state index contributed by atoms with van der Waals surface area (Å²) in [5.74, 6) is -4.66. The van der Waals surface area contributed by atoms with Crippen LogP contribution >= 0.6 is 0 Å². The molecule has 2 aliphatic heterocycles. The van der Waals surface area contributed by atoms with E-state index in [4.69, 9.17) is 9.47 Å². The average molecular weight is 553 g/mol. The highest BCUT2D eigenvalue weighted by Crippen LogP contribution is 2.49. The van der Waals surface area contributed by atoms with Crippen LogP contribution in [0.5, 0.6) is 0 Å². The third kappa shape index (κ3) is 5.76. The monoisotopic (exact) mass is 552 g/mol. The topological polar surface area (TPSA) is 134 Å². The van der Waals surface area contributed by atoms with E-state index >= 15 is 0 Å². The molecular weight excluding hydrogens is 516 g/mol. The highest BCUT2D eigenvalue weighted by atomic mass is 16.6. The molecule has 10 heteroatoms. The smallest absolute Gasteiger partial charge is 0.411 e. The lowest BCUT2D eigenvalue weighted by Gasteiger charge is -2.48. The maximum atomic E-state index is 13.4. The number of ether oxygens (including phenoxy) is 2. The second kappa shape index (κ2) is 10.5. The van der Waals surface area contributed by atoms with Crippen LogP contribution in [0.4, 0.5) is 9.59 Å². The first-order chi connectivity index (χ1) is 18.6. The van der Waals surface area contributed by atoms with Gasteiger partial charge in [0.1, 0.15) is 23.3 Å². The van der Waals surface area contributed by atoms with Crippen molar-refractivity contribution in [2.24, 2.45) is 0 Å². The lowest BCUT2D eigenvalue weighted by Crippen LogP contribution is -2.59. The van der Waals surface area contributed by atoms with Crippen molar-refractivity contribution in [3.05, 3.63) is 70.8 Å². The van der Waals surface area contributed by atoms with Crippen LogP contribution in [0.1, 0.15) is 75.6 Å². The Bertz CT molecular complexity index is 1220. The van der Waals surface area contributed by atoms with E-state index in [2.05, 4.69) is 0 Å². The molecule has 2 heterocycles. The lowest BCUT2D eigenvalue weighted by atomic mass is 9.67. The van der Waals surface area contributed by atoms with E-state index in [9.17, 15) is 29.4 Å². The molecule has 0 spiro atoms. The molecule has 0 bridgehead atoms. The van der Waals surface area contributed by atoms with Crippen molar-refractivity contribution in [1.82, 2.24) is 9.80 Å². The molecule has 0 fully saturated rings. The van der Waals surface area contributed by atoms with Crippen LogP contribution in [0.3, 0.4) is 0 Å². The van der Waals surface area contributed by atoms with Gasteiger partial charge in [-0.25, -0.2) is 19.2 Å². The van der Waals surface area contributed by atoms with Crippen LogP contribution in [0.25, 0.3) is 0 Å². The summed E-state index contributed by atoms with van der Waals surface area (Å²) >= 11 is 0. The van der Waals surface area contributed by atoms with E-state index in [-0.39, 0.29) is 13.1 Å². The van der Waals surface area contributed by atoms with Gasteiger partial charge in [0, 0.05) is 11.8 Å². The number of aliphatic carboxylic acids is 2. The largest absolute Gasteiger partial charge is 0.480 e. The zero-order valence-corrected chi connectivity index (χ0v) is 23.6. The molecule has 4 atom stereocenters. The summed E-state index contributed by atoms with van der Waals surface area (Å²) in [6.07, 6.45) is -1.64. The van der Waals surface area contributed by atoms with E-state index < -0.39 is 59.2 Å². The van der Waals surface area contributed by atoms with Crippen molar-refractivity contribution in [1.29, 1.82) is 0 Å². The maximum Gasteiger partial charge on any atom is 0.411 e. The molecule has 214 valence electrons. The molecule has 0 aliphatic carbocycles. The summed E-state index contributed by atoms with van der Waals surface area (Å²) in [5, 5.41) is 21.2. The Balaban J connectivity index is 1.95. The van der Waals surface area contributed by atoms with Gasteiger partial charge in [0.05, 0.1) is 13.1 Å². The van der Waals surface area contributed by atoms with Crippen LogP contribution in [0.2, 0.25) is 0 Å². The van der Waals surface area contributed by atoms with Crippen LogP contribution in [0.15, 0.2) is 48.5 Å². The average Bonchev–Trinajstić information content (AvgIpc) is 2.84. The molecule has 0 radical (unpaired) electrons. The molecule has 2 aromatic carbocycles. The molecule has 2 N–H and O–H groups in total. The number of rotatable bonds is 3. The number of nitrogens with zero attached hydrogens (tertiary/aromatic N) is 2. The minimum atomic E-state index is -1.47. The van der Waals surface area contributed by atoms with E-state index in [0.29, 0.717) is 22.3 Å². The molecule has 10 nitrogen and oxygen atoms in total. The van der Waals surface area contributed by atoms with Crippen molar-refractivity contribution in [2.75, 3.05) is 0 Å². The van der Waals surface area contributed by atoms with Gasteiger partial charge in [-0.2, -0.15) is 0 Å². The zero-order chi connectivity index (χ0) is 29.6. The Kier molecular flexibility index (Phi) is 7.58. The Morgan fingerprint density at radius 2 is 0.975 bits per heavy atom. The van der Waals surface area contributed by atoms with E-state index in [0.717, 1.165) is 9.80 Å². The molecule has 4 rings (SSSR count). The van der Waals surface area contributed by atoms with Gasteiger partial charge in [0.25, 0.3) is 0 Å². The SMILES string of the molecule is CC(C)(C)OC(=O)N1Cc2ccccc2[C@H]([C@@H]2c3ccccc3CN(C(=O)OC(C)(C)C)[C@H]2C(=O)O)[C@@H]1C(=O)O. The number of amides is 2. The zero-order valence-electron chi connectivity index (χ0n) is 23.6. The molecule has 2 aliphatic rings. The van der Waals surface area contributed by atoms with E-state index in [1.54, 1.807) is 90.1 Å². The summed E-state index contributed by atoms with van der Waals surface area (Å²) in [5.41, 5.74) is 0.778. The minimum absolute atomic E-state index is 0.0273. The normalized spacial score (nSPS) is 22.6. The molecular formula is C30H36N2O8. The first-order valence-electron chi connectivity index (χ1n) is 13.2. The summed E-state index contributed by atoms with van der Waals surface area (Å²) in [6, 6.07) is 11.2. The number of carbonyl (C=O) groups is 4. The van der Waals surface area contributed by atoms with E-state index in [1.807, 2.05) is 0 Å². The Hall–Kier alpha value is -4.08. The summed E-state index contributed by atoms with van der Waals surface area (Å²) in [7, 11) is 0. The second-order valence-corrected chi connectivity index (χ2v) is 12.2. The van der Waals surface area contributed by atoms with Gasteiger partial charge < -0.3 is 19.7 Å². The van der Waals surface area contributed by atoms with Crippen LogP contribution < -0.4 is 0 Å². The third-order valence-electron chi connectivity index (χ3n) is 7.01. The number of carboxylic acid groups (broad SMARTS) is 2. The Morgan fingerprint density at radius 1 is 0.650 bits per heavy atom. The summed E-state index contributed by atoms with van der Waals surface area (Å²) in [4.78, 5) is 55.1. The number of hydrogen-bond donors (Lipinski definition) is 2. The van der Waals surface area contributed by atoms with Crippen molar-refractivity contribution in [3.8, 4) is 0 Å². The fraction of sp³-hybridized carbons (Fsp3) is 0.467. The number of hydrogen-bond acceptors (Lipinski definition) is 6. The lowest BCUT2D eigenvalue weighted by molar-refractivity contribution is -0.149. The van der Waals surface area contributed by atoms with Gasteiger partial charge >= 0.3 is 24.1 Å². The molecule has 40 heavy (non-hydrogen) atoms. The summed E-state index contributed by atoms with van der Waals surface area (Å²) < 4.78 is 11.2.